The van der Waals surface area contributed by atoms with Crippen LogP contribution in [0.1, 0.15) is 33.8 Å². The zero-order valence-corrected chi connectivity index (χ0v) is 21.1. The number of nitrogens with one attached hydrogen (secondary N) is 7. The summed E-state index contributed by atoms with van der Waals surface area (Å²) in [7, 11) is 0. The second-order valence-electron chi connectivity index (χ2n) is 8.03. The van der Waals surface area contributed by atoms with E-state index in [1.165, 1.54) is 24.5 Å². The minimum Gasteiger partial charge on any atom is -0.368 e. The second-order valence-corrected chi connectivity index (χ2v) is 8.03. The Morgan fingerprint density at radius 1 is 1.02 bits per heavy atom. The molecule has 0 aromatic carbocycles. The van der Waals surface area contributed by atoms with Gasteiger partial charge in [0.2, 0.25) is 17.8 Å². The molecular weight excluding hydrogens is 526 g/mol. The molecule has 2 aromatic rings. The predicted octanol–water partition coefficient (Wildman–Crippen LogP) is -1.57. The van der Waals surface area contributed by atoms with Gasteiger partial charge in [-0.2, -0.15) is 5.26 Å². The molecule has 0 saturated carbocycles. The average molecular weight is 556 g/mol. The fraction of sp³-hybridized carbons (Fsp3) is 0.261. The Balaban J connectivity index is 1.89. The maximum Gasteiger partial charge on any atom is 0.272 e. The molecule has 12 N–H and O–H groups in total. The first-order valence-electron chi connectivity index (χ1n) is 11.7. The van der Waals surface area contributed by atoms with Gasteiger partial charge in [-0.25, -0.2) is 10.5 Å². The van der Waals surface area contributed by atoms with Crippen molar-refractivity contribution >= 4 is 47.2 Å². The third-order valence-corrected chi connectivity index (χ3v) is 4.96. The van der Waals surface area contributed by atoms with Crippen molar-refractivity contribution in [1.29, 1.82) is 5.26 Å². The van der Waals surface area contributed by atoms with E-state index in [9.17, 15) is 29.2 Å². The van der Waals surface area contributed by atoms with Crippen LogP contribution in [0.25, 0.3) is 0 Å². The number of carbonyl (C=O) groups is 5. The number of nitrogens with two attached hydrogens (primary N) is 2. The molecule has 0 bridgehead atoms. The monoisotopic (exact) mass is 555 g/mol. The highest BCUT2D eigenvalue weighted by Gasteiger charge is 2.20. The fourth-order valence-electron chi connectivity index (χ4n) is 3.09. The maximum atomic E-state index is 12.5. The van der Waals surface area contributed by atoms with Crippen LogP contribution in [0.4, 0.5) is 11.4 Å². The molecule has 2 rings (SSSR count). The molecule has 0 aliphatic heterocycles. The number of aliphatic imine (C=N–C) groups is 1. The van der Waals surface area contributed by atoms with Crippen molar-refractivity contribution in [2.75, 3.05) is 23.7 Å². The zero-order valence-electron chi connectivity index (χ0n) is 21.1. The Morgan fingerprint density at radius 2 is 1.68 bits per heavy atom. The minimum absolute atomic E-state index is 0.00489. The van der Waals surface area contributed by atoms with E-state index in [0.717, 1.165) is 0 Å². The standard InChI is InChI=1S/C23H29N11O6/c24-4-2-1-3-13(12-35)30-19(36)7-14(8-25)32-21(38)18-6-16(10-28-18)33-22(39)17-5-15(9-27-17)31-20(37)11-29-23(26)34-40/h1-2,5-6,9-10,12-14,27-28,40H,3-4,7,11,24H2,(H,30,36)(H,31,37)(H,32,38)(H,33,39)(H3,26,29,34)/b2-1+. The quantitative estimate of drug-likeness (QED) is 0.0420. The van der Waals surface area contributed by atoms with Gasteiger partial charge in [0.1, 0.15) is 30.3 Å². The van der Waals surface area contributed by atoms with E-state index in [-0.39, 0.29) is 54.7 Å². The van der Waals surface area contributed by atoms with Crippen molar-refractivity contribution < 1.29 is 29.2 Å². The number of aldehydes is 1. The number of hydrogen-bond acceptors (Lipinski definition) is 9. The summed E-state index contributed by atoms with van der Waals surface area (Å²) in [5.41, 5.74) is 12.7. The first-order valence-corrected chi connectivity index (χ1v) is 11.7. The highest BCUT2D eigenvalue weighted by molar-refractivity contribution is 6.05. The van der Waals surface area contributed by atoms with E-state index in [1.807, 2.05) is 6.07 Å². The Morgan fingerprint density at radius 3 is 2.27 bits per heavy atom. The molecule has 4 amide bonds. The molecule has 2 heterocycles. The smallest absolute Gasteiger partial charge is 0.272 e. The largest absolute Gasteiger partial charge is 0.368 e. The number of aromatic nitrogens is 2. The topological polar surface area (TPSA) is 286 Å². The van der Waals surface area contributed by atoms with Crippen LogP contribution in [0, 0.1) is 11.3 Å². The van der Waals surface area contributed by atoms with Gasteiger partial charge in [0.15, 0.2) is 0 Å². The van der Waals surface area contributed by atoms with Crippen molar-refractivity contribution in [2.24, 2.45) is 16.5 Å². The first kappa shape index (κ1) is 30.8. The number of rotatable bonds is 14. The summed E-state index contributed by atoms with van der Waals surface area (Å²) < 4.78 is 0. The van der Waals surface area contributed by atoms with Crippen LogP contribution < -0.4 is 38.2 Å². The summed E-state index contributed by atoms with van der Waals surface area (Å²) in [5.74, 6) is -2.79. The second kappa shape index (κ2) is 15.7. The van der Waals surface area contributed by atoms with Gasteiger partial charge in [-0.3, -0.25) is 24.4 Å². The summed E-state index contributed by atoms with van der Waals surface area (Å²) in [4.78, 5) is 69.1. The number of amides is 4. The maximum absolute atomic E-state index is 12.5. The SMILES string of the molecule is N#CC(CC(=O)NC(C=O)C/C=C/CN)NC(=O)c1cc(NC(=O)c2cc(NC(=O)CN=C(N)NO)c[nH]2)c[nH]1. The number of hydrogen-bond donors (Lipinski definition) is 10. The first-order chi connectivity index (χ1) is 19.2. The fourth-order valence-corrected chi connectivity index (χ4v) is 3.09. The van der Waals surface area contributed by atoms with Crippen LogP contribution in [0.2, 0.25) is 0 Å². The number of guanidine groups is 1. The number of carbonyl (C=O) groups excluding carboxylic acids is 5. The molecule has 17 nitrogen and oxygen atoms in total. The number of nitrogens with zero attached hydrogens (tertiary/aromatic N) is 2. The number of hydroxylamine groups is 1. The zero-order chi connectivity index (χ0) is 29.5. The molecule has 2 atom stereocenters. The van der Waals surface area contributed by atoms with Crippen LogP contribution in [-0.4, -0.2) is 76.2 Å². The van der Waals surface area contributed by atoms with E-state index in [4.69, 9.17) is 16.7 Å². The van der Waals surface area contributed by atoms with Crippen molar-refractivity contribution in [3.63, 3.8) is 0 Å². The van der Waals surface area contributed by atoms with Gasteiger partial charge >= 0.3 is 0 Å². The minimum atomic E-state index is -1.18. The molecule has 0 fully saturated rings. The molecular formula is C23H29N11O6. The Bertz CT molecular complexity index is 1310. The summed E-state index contributed by atoms with van der Waals surface area (Å²) >= 11 is 0. The lowest BCUT2D eigenvalue weighted by molar-refractivity contribution is -0.124. The van der Waals surface area contributed by atoms with Gasteiger partial charge < -0.3 is 47.5 Å². The number of nitriles is 1. The molecule has 0 radical (unpaired) electrons. The molecule has 2 unspecified atom stereocenters. The van der Waals surface area contributed by atoms with E-state index in [1.54, 1.807) is 17.6 Å². The Hall–Kier alpha value is -5.47. The lowest BCUT2D eigenvalue weighted by atomic mass is 10.1. The normalized spacial score (nSPS) is 12.6. The van der Waals surface area contributed by atoms with E-state index in [2.05, 4.69) is 36.2 Å². The molecule has 0 aliphatic carbocycles. The third-order valence-electron chi connectivity index (χ3n) is 4.96. The summed E-state index contributed by atoms with van der Waals surface area (Å²) in [6.07, 6.45) is 6.39. The molecule has 17 heteroatoms. The summed E-state index contributed by atoms with van der Waals surface area (Å²) in [6, 6.07) is 2.51. The van der Waals surface area contributed by atoms with Gasteiger partial charge in [0.05, 0.1) is 29.9 Å². The Labute approximate surface area is 227 Å². The van der Waals surface area contributed by atoms with Gasteiger partial charge in [-0.1, -0.05) is 12.2 Å². The third kappa shape index (κ3) is 10.1. The van der Waals surface area contributed by atoms with Crippen LogP contribution in [0.15, 0.2) is 41.7 Å². The number of anilines is 2. The average Bonchev–Trinajstić information content (AvgIpc) is 3.60. The highest BCUT2D eigenvalue weighted by atomic mass is 16.5. The van der Waals surface area contributed by atoms with Crippen LogP contribution in [-0.2, 0) is 14.4 Å². The lowest BCUT2D eigenvalue weighted by Crippen LogP contribution is -2.41. The molecule has 40 heavy (non-hydrogen) atoms. The van der Waals surface area contributed by atoms with E-state index >= 15 is 0 Å². The van der Waals surface area contributed by atoms with Crippen LogP contribution in [0.3, 0.4) is 0 Å². The van der Waals surface area contributed by atoms with Gasteiger partial charge in [0.25, 0.3) is 11.8 Å². The van der Waals surface area contributed by atoms with Crippen molar-refractivity contribution in [3.8, 4) is 6.07 Å². The van der Waals surface area contributed by atoms with Crippen LogP contribution in [0.5, 0.6) is 0 Å². The van der Waals surface area contributed by atoms with E-state index in [0.29, 0.717) is 6.29 Å². The molecule has 212 valence electrons. The molecule has 0 spiro atoms. The lowest BCUT2D eigenvalue weighted by Gasteiger charge is -2.14. The van der Waals surface area contributed by atoms with Crippen LogP contribution >= 0.6 is 0 Å². The van der Waals surface area contributed by atoms with E-state index < -0.39 is 35.7 Å². The molecule has 0 aliphatic rings. The number of aromatic amines is 2. The summed E-state index contributed by atoms with van der Waals surface area (Å²) in [5, 5.41) is 27.8. The number of H-pyrrole nitrogens is 2. The van der Waals surface area contributed by atoms with Crippen molar-refractivity contribution in [2.45, 2.75) is 24.9 Å². The van der Waals surface area contributed by atoms with Crippen molar-refractivity contribution in [1.82, 2.24) is 26.1 Å². The predicted molar refractivity (Wildman–Crippen MR) is 142 cm³/mol. The summed E-state index contributed by atoms with van der Waals surface area (Å²) in [6.45, 7) is -0.0824. The Kier molecular flexibility index (Phi) is 12.1. The van der Waals surface area contributed by atoms with Gasteiger partial charge in [0, 0.05) is 18.9 Å². The highest BCUT2D eigenvalue weighted by Crippen LogP contribution is 2.14. The molecule has 2 aromatic heterocycles. The van der Waals surface area contributed by atoms with Gasteiger partial charge in [-0.15, -0.1) is 0 Å². The van der Waals surface area contributed by atoms with Gasteiger partial charge in [-0.05, 0) is 18.6 Å². The van der Waals surface area contributed by atoms with Crippen molar-refractivity contribution in [3.05, 3.63) is 48.1 Å². The molecule has 0 saturated heterocycles.